The maximum absolute atomic E-state index is 11.0. The number of benzene rings is 2. The highest BCUT2D eigenvalue weighted by Gasteiger charge is 2.24. The largest absolute Gasteiger partial charge is 0.478 e. The van der Waals surface area contributed by atoms with Crippen LogP contribution in [0.5, 0.6) is 0 Å². The van der Waals surface area contributed by atoms with E-state index in [4.69, 9.17) is 5.11 Å². The van der Waals surface area contributed by atoms with Crippen molar-refractivity contribution in [2.75, 3.05) is 18.0 Å². The highest BCUT2D eigenvalue weighted by molar-refractivity contribution is 5.88. The Morgan fingerprint density at radius 2 is 1.95 bits per heavy atom. The van der Waals surface area contributed by atoms with Crippen LogP contribution >= 0.6 is 0 Å². The quantitative estimate of drug-likeness (QED) is 0.932. The lowest BCUT2D eigenvalue weighted by Gasteiger charge is -2.21. The summed E-state index contributed by atoms with van der Waals surface area (Å²) in [7, 11) is 0. The summed E-state index contributed by atoms with van der Waals surface area (Å²) in [5, 5.41) is 9.04. The van der Waals surface area contributed by atoms with E-state index in [1.165, 1.54) is 5.56 Å². The van der Waals surface area contributed by atoms with E-state index in [1.807, 2.05) is 19.1 Å². The van der Waals surface area contributed by atoms with Crippen molar-refractivity contribution in [2.24, 2.45) is 0 Å². The van der Waals surface area contributed by atoms with Crippen LogP contribution in [0.2, 0.25) is 0 Å². The molecule has 1 atom stereocenters. The molecule has 3 nitrogen and oxygen atoms in total. The number of aromatic carboxylic acids is 1. The van der Waals surface area contributed by atoms with Gasteiger partial charge in [-0.1, -0.05) is 30.3 Å². The van der Waals surface area contributed by atoms with Gasteiger partial charge in [0.1, 0.15) is 0 Å². The van der Waals surface area contributed by atoms with Gasteiger partial charge in [0.05, 0.1) is 5.56 Å². The first-order chi connectivity index (χ1) is 10.1. The molecule has 2 aromatic rings. The van der Waals surface area contributed by atoms with E-state index in [-0.39, 0.29) is 0 Å². The molecule has 2 aromatic carbocycles. The fourth-order valence-corrected chi connectivity index (χ4v) is 3.12. The highest BCUT2D eigenvalue weighted by atomic mass is 16.4. The topological polar surface area (TPSA) is 40.5 Å². The van der Waals surface area contributed by atoms with Gasteiger partial charge in [0.15, 0.2) is 0 Å². The predicted molar refractivity (Wildman–Crippen MR) is 84.2 cm³/mol. The Morgan fingerprint density at radius 3 is 2.62 bits per heavy atom. The van der Waals surface area contributed by atoms with Gasteiger partial charge in [0.2, 0.25) is 0 Å². The molecule has 0 spiro atoms. The van der Waals surface area contributed by atoms with Crippen LogP contribution < -0.4 is 4.90 Å². The molecule has 0 aromatic heterocycles. The molecule has 3 rings (SSSR count). The maximum atomic E-state index is 11.0. The van der Waals surface area contributed by atoms with Crippen molar-refractivity contribution >= 4 is 11.7 Å². The summed E-state index contributed by atoms with van der Waals surface area (Å²) in [5.41, 5.74) is 3.93. The van der Waals surface area contributed by atoms with Gasteiger partial charge in [0.25, 0.3) is 0 Å². The van der Waals surface area contributed by atoms with Gasteiger partial charge >= 0.3 is 5.97 Å². The lowest BCUT2D eigenvalue weighted by Crippen LogP contribution is -2.20. The maximum Gasteiger partial charge on any atom is 0.335 e. The standard InChI is InChI=1S/C18H19NO2/c1-13-11-15(18(20)21)7-8-17(13)19-10-9-16(12-19)14-5-3-2-4-6-14/h2-8,11,16H,9-10,12H2,1H3,(H,20,21). The normalized spacial score (nSPS) is 18.0. The Hall–Kier alpha value is -2.29. The molecule has 1 fully saturated rings. The first-order valence-corrected chi connectivity index (χ1v) is 7.29. The van der Waals surface area contributed by atoms with Crippen molar-refractivity contribution < 1.29 is 9.90 Å². The third-order valence-corrected chi connectivity index (χ3v) is 4.24. The summed E-state index contributed by atoms with van der Waals surface area (Å²) in [4.78, 5) is 13.4. The Kier molecular flexibility index (Phi) is 3.65. The van der Waals surface area contributed by atoms with E-state index in [9.17, 15) is 4.79 Å². The van der Waals surface area contributed by atoms with Crippen LogP contribution in [0, 0.1) is 6.92 Å². The molecular formula is C18H19NO2. The number of nitrogens with zero attached hydrogens (tertiary/aromatic N) is 1. The van der Waals surface area contributed by atoms with Crippen LogP contribution in [0.25, 0.3) is 0 Å². The van der Waals surface area contributed by atoms with Gasteiger partial charge in [0, 0.05) is 24.7 Å². The van der Waals surface area contributed by atoms with Crippen molar-refractivity contribution in [1.29, 1.82) is 0 Å². The van der Waals surface area contributed by atoms with Crippen molar-refractivity contribution in [1.82, 2.24) is 0 Å². The average Bonchev–Trinajstić information content (AvgIpc) is 2.97. The molecule has 1 unspecified atom stereocenters. The molecule has 0 amide bonds. The monoisotopic (exact) mass is 281 g/mol. The number of hydrogen-bond donors (Lipinski definition) is 1. The van der Waals surface area contributed by atoms with E-state index in [0.717, 1.165) is 30.8 Å². The minimum Gasteiger partial charge on any atom is -0.478 e. The fourth-order valence-electron chi connectivity index (χ4n) is 3.12. The zero-order valence-electron chi connectivity index (χ0n) is 12.1. The number of carbonyl (C=O) groups is 1. The summed E-state index contributed by atoms with van der Waals surface area (Å²) in [6.07, 6.45) is 1.14. The Bertz CT molecular complexity index is 652. The summed E-state index contributed by atoms with van der Waals surface area (Å²) in [6.45, 7) is 4.00. The smallest absolute Gasteiger partial charge is 0.335 e. The van der Waals surface area contributed by atoms with Crippen LogP contribution in [0.15, 0.2) is 48.5 Å². The molecule has 0 bridgehead atoms. The third-order valence-electron chi connectivity index (χ3n) is 4.24. The van der Waals surface area contributed by atoms with Gasteiger partial charge < -0.3 is 10.0 Å². The van der Waals surface area contributed by atoms with Crippen LogP contribution in [0.4, 0.5) is 5.69 Å². The first kappa shape index (κ1) is 13.7. The molecule has 3 heteroatoms. The predicted octanol–water partition coefficient (Wildman–Crippen LogP) is 3.69. The third kappa shape index (κ3) is 2.77. The molecule has 1 aliphatic rings. The van der Waals surface area contributed by atoms with Crippen molar-refractivity contribution in [2.45, 2.75) is 19.3 Å². The minimum atomic E-state index is -0.867. The van der Waals surface area contributed by atoms with Gasteiger partial charge in [-0.2, -0.15) is 0 Å². The molecule has 0 radical (unpaired) electrons. The summed E-state index contributed by atoms with van der Waals surface area (Å²) >= 11 is 0. The molecule has 1 heterocycles. The molecule has 1 aliphatic heterocycles. The number of aryl methyl sites for hydroxylation is 1. The van der Waals surface area contributed by atoms with Crippen molar-refractivity contribution in [3.63, 3.8) is 0 Å². The average molecular weight is 281 g/mol. The van der Waals surface area contributed by atoms with Gasteiger partial charge in [-0.25, -0.2) is 4.79 Å². The van der Waals surface area contributed by atoms with Crippen LogP contribution in [-0.2, 0) is 0 Å². The second-order valence-corrected chi connectivity index (χ2v) is 5.65. The molecular weight excluding hydrogens is 262 g/mol. The van der Waals surface area contributed by atoms with Crippen molar-refractivity contribution in [3.8, 4) is 0 Å². The molecule has 21 heavy (non-hydrogen) atoms. The zero-order chi connectivity index (χ0) is 14.8. The van der Waals surface area contributed by atoms with E-state index >= 15 is 0 Å². The molecule has 108 valence electrons. The zero-order valence-corrected chi connectivity index (χ0v) is 12.1. The molecule has 0 saturated carbocycles. The highest BCUT2D eigenvalue weighted by Crippen LogP contribution is 2.32. The van der Waals surface area contributed by atoms with Crippen molar-refractivity contribution in [3.05, 3.63) is 65.2 Å². The lowest BCUT2D eigenvalue weighted by molar-refractivity contribution is 0.0697. The van der Waals surface area contributed by atoms with E-state index in [0.29, 0.717) is 11.5 Å². The number of carboxylic acid groups (broad SMARTS) is 1. The number of rotatable bonds is 3. The Balaban J connectivity index is 1.79. The second-order valence-electron chi connectivity index (χ2n) is 5.65. The number of carboxylic acids is 1. The molecule has 1 saturated heterocycles. The molecule has 0 aliphatic carbocycles. The SMILES string of the molecule is Cc1cc(C(=O)O)ccc1N1CCC(c2ccccc2)C1. The number of anilines is 1. The van der Waals surface area contributed by atoms with Gasteiger partial charge in [-0.3, -0.25) is 0 Å². The summed E-state index contributed by atoms with van der Waals surface area (Å²) < 4.78 is 0. The fraction of sp³-hybridized carbons (Fsp3) is 0.278. The number of hydrogen-bond acceptors (Lipinski definition) is 2. The Labute approximate surface area is 124 Å². The first-order valence-electron chi connectivity index (χ1n) is 7.29. The molecule has 1 N–H and O–H groups in total. The lowest BCUT2D eigenvalue weighted by atomic mass is 9.99. The van der Waals surface area contributed by atoms with E-state index in [1.54, 1.807) is 12.1 Å². The van der Waals surface area contributed by atoms with Crippen LogP contribution in [-0.4, -0.2) is 24.2 Å². The van der Waals surface area contributed by atoms with E-state index in [2.05, 4.69) is 29.2 Å². The van der Waals surface area contributed by atoms with E-state index < -0.39 is 5.97 Å². The minimum absolute atomic E-state index is 0.357. The van der Waals surface area contributed by atoms with Gasteiger partial charge in [-0.05, 0) is 42.7 Å². The Morgan fingerprint density at radius 1 is 1.19 bits per heavy atom. The van der Waals surface area contributed by atoms with Crippen LogP contribution in [0.3, 0.4) is 0 Å². The second kappa shape index (κ2) is 5.60. The van der Waals surface area contributed by atoms with Crippen LogP contribution in [0.1, 0.15) is 33.8 Å². The summed E-state index contributed by atoms with van der Waals surface area (Å²) in [5.74, 6) is -0.307. The van der Waals surface area contributed by atoms with Gasteiger partial charge in [-0.15, -0.1) is 0 Å². The summed E-state index contributed by atoms with van der Waals surface area (Å²) in [6, 6.07) is 16.0.